The predicted octanol–water partition coefficient (Wildman–Crippen LogP) is -0.359. The van der Waals surface area contributed by atoms with Crippen LogP contribution in [-0.4, -0.2) is 37.0 Å². The van der Waals surface area contributed by atoms with Crippen LogP contribution >= 0.6 is 0 Å². The van der Waals surface area contributed by atoms with Gasteiger partial charge in [-0.25, -0.2) is 0 Å². The van der Waals surface area contributed by atoms with E-state index in [1.165, 1.54) is 12.0 Å². The van der Waals surface area contributed by atoms with Crippen LogP contribution in [0.4, 0.5) is 0 Å². The second-order valence-electron chi connectivity index (χ2n) is 2.90. The summed E-state index contributed by atoms with van der Waals surface area (Å²) in [5.41, 5.74) is 0. The monoisotopic (exact) mass is 181 g/mol. The number of nitrogens with zero attached hydrogens (tertiary/aromatic N) is 1. The molecule has 4 heteroatoms. The zero-order valence-corrected chi connectivity index (χ0v) is 7.45. The number of ether oxygens (including phenoxy) is 1. The van der Waals surface area contributed by atoms with Gasteiger partial charge in [-0.3, -0.25) is 9.59 Å². The van der Waals surface area contributed by atoms with E-state index in [4.69, 9.17) is 6.42 Å². The summed E-state index contributed by atoms with van der Waals surface area (Å²) in [5, 5.41) is 0. The molecule has 70 valence electrons. The molecule has 1 aliphatic rings. The van der Waals surface area contributed by atoms with Crippen LogP contribution < -0.4 is 0 Å². The summed E-state index contributed by atoms with van der Waals surface area (Å²) in [6.45, 7) is 0.655. The van der Waals surface area contributed by atoms with E-state index in [1.54, 1.807) is 0 Å². The van der Waals surface area contributed by atoms with Gasteiger partial charge in [0.05, 0.1) is 19.6 Å². The Labute approximate surface area is 76.8 Å². The van der Waals surface area contributed by atoms with Gasteiger partial charge < -0.3 is 9.64 Å². The summed E-state index contributed by atoms with van der Waals surface area (Å²) in [7, 11) is 1.32. The second-order valence-corrected chi connectivity index (χ2v) is 2.90. The number of likely N-dealkylation sites (tertiary alicyclic amines) is 1. The van der Waals surface area contributed by atoms with Gasteiger partial charge in [-0.15, -0.1) is 6.42 Å². The van der Waals surface area contributed by atoms with Crippen molar-refractivity contribution in [1.29, 1.82) is 0 Å². The molecule has 1 rings (SSSR count). The highest BCUT2D eigenvalue weighted by molar-refractivity contribution is 5.86. The van der Waals surface area contributed by atoms with Crippen LogP contribution in [0.3, 0.4) is 0 Å². The minimum atomic E-state index is -0.342. The van der Waals surface area contributed by atoms with E-state index in [2.05, 4.69) is 10.7 Å². The molecule has 4 nitrogen and oxygen atoms in total. The largest absolute Gasteiger partial charge is 0.469 e. The number of carbonyl (C=O) groups is 2. The summed E-state index contributed by atoms with van der Waals surface area (Å²) >= 11 is 0. The maximum Gasteiger partial charge on any atom is 0.310 e. The Hall–Kier alpha value is -1.50. The third kappa shape index (κ3) is 2.00. The Balaban J connectivity index is 2.55. The van der Waals surface area contributed by atoms with Crippen molar-refractivity contribution in [2.24, 2.45) is 5.92 Å². The average molecular weight is 181 g/mol. The predicted molar refractivity (Wildman–Crippen MR) is 45.5 cm³/mol. The maximum absolute atomic E-state index is 11.2. The van der Waals surface area contributed by atoms with Gasteiger partial charge in [0.25, 0.3) is 0 Å². The number of hydrogen-bond acceptors (Lipinski definition) is 3. The van der Waals surface area contributed by atoms with Gasteiger partial charge in [0.15, 0.2) is 0 Å². The van der Waals surface area contributed by atoms with Crippen LogP contribution in [0, 0.1) is 18.3 Å². The number of terminal acetylenes is 1. The van der Waals surface area contributed by atoms with Gasteiger partial charge in [0.1, 0.15) is 0 Å². The van der Waals surface area contributed by atoms with E-state index >= 15 is 0 Å². The summed E-state index contributed by atoms with van der Waals surface area (Å²) in [5.74, 6) is 1.61. The average Bonchev–Trinajstić information content (AvgIpc) is 2.47. The summed E-state index contributed by atoms with van der Waals surface area (Å²) in [6, 6.07) is 0. The fraction of sp³-hybridized carbons (Fsp3) is 0.556. The molecule has 1 amide bonds. The van der Waals surface area contributed by atoms with Crippen molar-refractivity contribution >= 4 is 11.9 Å². The van der Waals surface area contributed by atoms with E-state index in [-0.39, 0.29) is 30.8 Å². The number of carbonyl (C=O) groups excluding carboxylic acids is 2. The van der Waals surface area contributed by atoms with E-state index in [0.717, 1.165) is 0 Å². The Kier molecular flexibility index (Phi) is 2.91. The lowest BCUT2D eigenvalue weighted by Gasteiger charge is -2.11. The standard InChI is InChI=1S/C9H11NO3/c1-3-4-10-6-7(5-8(10)11)9(12)13-2/h1,7H,4-6H2,2H3. The van der Waals surface area contributed by atoms with Crippen LogP contribution in [0.1, 0.15) is 6.42 Å². The van der Waals surface area contributed by atoms with Gasteiger partial charge in [-0.1, -0.05) is 5.92 Å². The molecule has 0 N–H and O–H groups in total. The first-order valence-electron chi connectivity index (χ1n) is 3.98. The highest BCUT2D eigenvalue weighted by Gasteiger charge is 2.34. The van der Waals surface area contributed by atoms with Crippen LogP contribution in [0.15, 0.2) is 0 Å². The Bertz CT molecular complexity index is 267. The van der Waals surface area contributed by atoms with Gasteiger partial charge in [-0.2, -0.15) is 0 Å². The molecule has 1 unspecified atom stereocenters. The van der Waals surface area contributed by atoms with Crippen LogP contribution in [0.2, 0.25) is 0 Å². The highest BCUT2D eigenvalue weighted by Crippen LogP contribution is 2.18. The second kappa shape index (κ2) is 3.94. The zero-order chi connectivity index (χ0) is 9.84. The van der Waals surface area contributed by atoms with Crippen LogP contribution in [-0.2, 0) is 14.3 Å². The zero-order valence-electron chi connectivity index (χ0n) is 7.45. The molecule has 0 radical (unpaired) electrons. The lowest BCUT2D eigenvalue weighted by Crippen LogP contribution is -2.26. The molecule has 1 heterocycles. The van der Waals surface area contributed by atoms with Crippen LogP contribution in [0.25, 0.3) is 0 Å². The fourth-order valence-corrected chi connectivity index (χ4v) is 1.36. The molecule has 0 saturated carbocycles. The van der Waals surface area contributed by atoms with Crippen molar-refractivity contribution in [3.8, 4) is 12.3 Å². The summed E-state index contributed by atoms with van der Waals surface area (Å²) < 4.78 is 4.54. The van der Waals surface area contributed by atoms with Gasteiger partial charge in [-0.05, 0) is 0 Å². The van der Waals surface area contributed by atoms with E-state index in [0.29, 0.717) is 6.54 Å². The molecule has 1 atom stereocenters. The van der Waals surface area contributed by atoms with E-state index in [1.807, 2.05) is 0 Å². The first-order valence-corrected chi connectivity index (χ1v) is 3.98. The number of hydrogen-bond donors (Lipinski definition) is 0. The van der Waals surface area contributed by atoms with Crippen molar-refractivity contribution in [1.82, 2.24) is 4.90 Å². The lowest BCUT2D eigenvalue weighted by molar-refractivity contribution is -0.145. The number of esters is 1. The Morgan fingerprint density at radius 1 is 1.85 bits per heavy atom. The third-order valence-corrected chi connectivity index (χ3v) is 2.03. The SMILES string of the molecule is C#CCN1CC(C(=O)OC)CC1=O. The molecule has 1 saturated heterocycles. The third-order valence-electron chi connectivity index (χ3n) is 2.03. The molecule has 0 aromatic carbocycles. The Morgan fingerprint density at radius 2 is 2.54 bits per heavy atom. The lowest BCUT2D eigenvalue weighted by atomic mass is 10.1. The van der Waals surface area contributed by atoms with Crippen molar-refractivity contribution in [3.05, 3.63) is 0 Å². The van der Waals surface area contributed by atoms with Crippen molar-refractivity contribution < 1.29 is 14.3 Å². The molecule has 0 aliphatic carbocycles. The number of methoxy groups -OCH3 is 1. The van der Waals surface area contributed by atoms with Gasteiger partial charge >= 0.3 is 5.97 Å². The molecular formula is C9H11NO3. The molecule has 0 aromatic heterocycles. The molecule has 13 heavy (non-hydrogen) atoms. The summed E-state index contributed by atoms with van der Waals surface area (Å²) in [4.78, 5) is 23.8. The minimum absolute atomic E-state index is 0.0756. The van der Waals surface area contributed by atoms with Crippen molar-refractivity contribution in [3.63, 3.8) is 0 Å². The fourth-order valence-electron chi connectivity index (χ4n) is 1.36. The topological polar surface area (TPSA) is 46.6 Å². The molecule has 0 aromatic rings. The minimum Gasteiger partial charge on any atom is -0.469 e. The smallest absolute Gasteiger partial charge is 0.310 e. The normalized spacial score (nSPS) is 21.4. The quantitative estimate of drug-likeness (QED) is 0.432. The van der Waals surface area contributed by atoms with Gasteiger partial charge in [0.2, 0.25) is 5.91 Å². The molecule has 1 aliphatic heterocycles. The molecule has 0 spiro atoms. The Morgan fingerprint density at radius 3 is 3.08 bits per heavy atom. The number of rotatable bonds is 2. The van der Waals surface area contributed by atoms with Gasteiger partial charge in [0, 0.05) is 13.0 Å². The molecule has 0 bridgehead atoms. The van der Waals surface area contributed by atoms with Crippen molar-refractivity contribution in [2.45, 2.75) is 6.42 Å². The van der Waals surface area contributed by atoms with Crippen molar-refractivity contribution in [2.75, 3.05) is 20.2 Å². The first-order chi connectivity index (χ1) is 6.19. The highest BCUT2D eigenvalue weighted by atomic mass is 16.5. The molecular weight excluding hydrogens is 170 g/mol. The number of amides is 1. The molecule has 1 fully saturated rings. The van der Waals surface area contributed by atoms with E-state index < -0.39 is 0 Å². The first kappa shape index (κ1) is 9.59. The van der Waals surface area contributed by atoms with E-state index in [9.17, 15) is 9.59 Å². The van der Waals surface area contributed by atoms with Crippen LogP contribution in [0.5, 0.6) is 0 Å². The summed E-state index contributed by atoms with van der Waals surface area (Å²) in [6.07, 6.45) is 5.28. The maximum atomic E-state index is 11.2.